The fourth-order valence-electron chi connectivity index (χ4n) is 2.86. The van der Waals surface area contributed by atoms with E-state index in [1.807, 2.05) is 22.8 Å². The van der Waals surface area contributed by atoms with E-state index in [0.717, 1.165) is 38.0 Å². The number of anilines is 1. The van der Waals surface area contributed by atoms with Crippen LogP contribution in [0.2, 0.25) is 0 Å². The van der Waals surface area contributed by atoms with Gasteiger partial charge in [0.2, 0.25) is 5.95 Å². The van der Waals surface area contributed by atoms with Crippen molar-refractivity contribution >= 4 is 11.9 Å². The number of ether oxygens (including phenoxy) is 1. The van der Waals surface area contributed by atoms with Crippen LogP contribution in [0.5, 0.6) is 0 Å². The molecule has 1 aliphatic heterocycles. The molecule has 1 saturated carbocycles. The molecule has 2 aliphatic rings. The largest absolute Gasteiger partial charge is 0.381 e. The molecule has 2 aromatic rings. The lowest BCUT2D eigenvalue weighted by atomic mass is 9.96. The number of carbonyl (C=O) groups excluding carboxylic acids is 1. The molecule has 0 bridgehead atoms. The van der Waals surface area contributed by atoms with Crippen LogP contribution in [-0.4, -0.2) is 33.9 Å². The van der Waals surface area contributed by atoms with E-state index in [9.17, 15) is 4.79 Å². The van der Waals surface area contributed by atoms with Crippen molar-refractivity contribution in [2.45, 2.75) is 31.2 Å². The molecule has 4 rings (SSSR count). The lowest BCUT2D eigenvalue weighted by molar-refractivity contribution is 0.102. The molecule has 1 unspecified atom stereocenters. The Bertz CT molecular complexity index is 687. The standard InChI is InChI=1S/C16H18N4O2/c21-15(18-16-19-17-10-20(16)14-4-5-14)12-3-1-2-11(8-12)13-6-7-22-9-13/h1-3,8,10,13-14H,4-7,9H2,(H,18,19,21). The maximum absolute atomic E-state index is 12.5. The predicted octanol–water partition coefficient (Wildman–Crippen LogP) is 2.37. The van der Waals surface area contributed by atoms with E-state index >= 15 is 0 Å². The van der Waals surface area contributed by atoms with Crippen molar-refractivity contribution in [2.75, 3.05) is 18.5 Å². The van der Waals surface area contributed by atoms with E-state index in [1.165, 1.54) is 0 Å². The summed E-state index contributed by atoms with van der Waals surface area (Å²) in [6, 6.07) is 8.20. The number of rotatable bonds is 4. The zero-order valence-corrected chi connectivity index (χ0v) is 12.2. The maximum Gasteiger partial charge on any atom is 0.258 e. The van der Waals surface area contributed by atoms with Gasteiger partial charge in [0.05, 0.1) is 6.61 Å². The van der Waals surface area contributed by atoms with E-state index < -0.39 is 0 Å². The van der Waals surface area contributed by atoms with Crippen LogP contribution in [0.15, 0.2) is 30.6 Å². The first-order chi connectivity index (χ1) is 10.8. The quantitative estimate of drug-likeness (QED) is 0.941. The molecule has 1 N–H and O–H groups in total. The van der Waals surface area contributed by atoms with Crippen molar-refractivity contribution in [1.29, 1.82) is 0 Å². The Hall–Kier alpha value is -2.21. The Morgan fingerprint density at radius 3 is 3.00 bits per heavy atom. The highest BCUT2D eigenvalue weighted by Crippen LogP contribution is 2.36. The highest BCUT2D eigenvalue weighted by Gasteiger charge is 2.27. The first-order valence-corrected chi connectivity index (χ1v) is 7.70. The molecule has 0 spiro atoms. The number of nitrogens with one attached hydrogen (secondary N) is 1. The summed E-state index contributed by atoms with van der Waals surface area (Å²) in [6.45, 7) is 1.53. The van der Waals surface area contributed by atoms with Crippen LogP contribution >= 0.6 is 0 Å². The van der Waals surface area contributed by atoms with Gasteiger partial charge in [0.1, 0.15) is 6.33 Å². The Labute approximate surface area is 128 Å². The zero-order valence-electron chi connectivity index (χ0n) is 12.2. The number of amides is 1. The van der Waals surface area contributed by atoms with Gasteiger partial charge < -0.3 is 4.74 Å². The van der Waals surface area contributed by atoms with Crippen molar-refractivity contribution in [2.24, 2.45) is 0 Å². The summed E-state index contributed by atoms with van der Waals surface area (Å²) in [6.07, 6.45) is 4.94. The molecule has 1 aromatic heterocycles. The number of hydrogen-bond donors (Lipinski definition) is 1. The highest BCUT2D eigenvalue weighted by molar-refractivity contribution is 6.03. The van der Waals surface area contributed by atoms with Crippen LogP contribution in [0.25, 0.3) is 0 Å². The minimum Gasteiger partial charge on any atom is -0.381 e. The summed E-state index contributed by atoms with van der Waals surface area (Å²) in [5.74, 6) is 0.778. The Kier molecular flexibility index (Phi) is 3.38. The Balaban J connectivity index is 1.52. The first kappa shape index (κ1) is 13.5. The normalized spacial score (nSPS) is 21.0. The van der Waals surface area contributed by atoms with E-state index in [0.29, 0.717) is 23.5 Å². The fraction of sp³-hybridized carbons (Fsp3) is 0.438. The molecule has 1 aromatic carbocycles. The van der Waals surface area contributed by atoms with E-state index in [2.05, 4.69) is 21.6 Å². The molecule has 2 fully saturated rings. The first-order valence-electron chi connectivity index (χ1n) is 7.70. The van der Waals surface area contributed by atoms with Gasteiger partial charge >= 0.3 is 0 Å². The Morgan fingerprint density at radius 1 is 1.32 bits per heavy atom. The van der Waals surface area contributed by atoms with Crippen LogP contribution in [0.1, 0.15) is 47.1 Å². The van der Waals surface area contributed by atoms with Gasteiger partial charge in [-0.2, -0.15) is 0 Å². The number of aromatic nitrogens is 3. The van der Waals surface area contributed by atoms with Gasteiger partial charge in [-0.25, -0.2) is 0 Å². The highest BCUT2D eigenvalue weighted by atomic mass is 16.5. The third-order valence-corrected chi connectivity index (χ3v) is 4.29. The van der Waals surface area contributed by atoms with Crippen LogP contribution in [0.3, 0.4) is 0 Å². The SMILES string of the molecule is O=C(Nc1nncn1C1CC1)c1cccc(C2CCOC2)c1. The van der Waals surface area contributed by atoms with Gasteiger partial charge in [-0.15, -0.1) is 10.2 Å². The van der Waals surface area contributed by atoms with Gasteiger partial charge in [0.15, 0.2) is 0 Å². The van der Waals surface area contributed by atoms with Gasteiger partial charge in [-0.05, 0) is 37.0 Å². The van der Waals surface area contributed by atoms with E-state index in [1.54, 1.807) is 6.33 Å². The average molecular weight is 298 g/mol. The molecule has 1 aliphatic carbocycles. The van der Waals surface area contributed by atoms with Crippen molar-refractivity contribution in [3.8, 4) is 0 Å². The van der Waals surface area contributed by atoms with E-state index in [4.69, 9.17) is 4.74 Å². The second-order valence-corrected chi connectivity index (χ2v) is 5.93. The number of benzene rings is 1. The Morgan fingerprint density at radius 2 is 2.23 bits per heavy atom. The monoisotopic (exact) mass is 298 g/mol. The molecule has 1 amide bonds. The van der Waals surface area contributed by atoms with Crippen molar-refractivity contribution in [3.63, 3.8) is 0 Å². The molecule has 6 heteroatoms. The molecule has 22 heavy (non-hydrogen) atoms. The second kappa shape index (κ2) is 5.53. The summed E-state index contributed by atoms with van der Waals surface area (Å²) in [7, 11) is 0. The third kappa shape index (κ3) is 2.62. The topological polar surface area (TPSA) is 69.0 Å². The van der Waals surface area contributed by atoms with Gasteiger partial charge in [0, 0.05) is 24.1 Å². The van der Waals surface area contributed by atoms with Gasteiger partial charge in [0.25, 0.3) is 5.91 Å². The van der Waals surface area contributed by atoms with Crippen molar-refractivity contribution < 1.29 is 9.53 Å². The van der Waals surface area contributed by atoms with Gasteiger partial charge in [-0.1, -0.05) is 12.1 Å². The third-order valence-electron chi connectivity index (χ3n) is 4.29. The summed E-state index contributed by atoms with van der Waals surface area (Å²) in [4.78, 5) is 12.5. The molecule has 6 nitrogen and oxygen atoms in total. The zero-order chi connectivity index (χ0) is 14.9. The van der Waals surface area contributed by atoms with Crippen LogP contribution in [0.4, 0.5) is 5.95 Å². The number of hydrogen-bond acceptors (Lipinski definition) is 4. The molecule has 1 atom stereocenters. The van der Waals surface area contributed by atoms with Crippen molar-refractivity contribution in [3.05, 3.63) is 41.7 Å². The van der Waals surface area contributed by atoms with Crippen LogP contribution in [0, 0.1) is 0 Å². The fourth-order valence-corrected chi connectivity index (χ4v) is 2.86. The maximum atomic E-state index is 12.5. The summed E-state index contributed by atoms with van der Waals surface area (Å²) in [5, 5.41) is 10.8. The van der Waals surface area contributed by atoms with E-state index in [-0.39, 0.29) is 5.91 Å². The lowest BCUT2D eigenvalue weighted by Gasteiger charge is -2.10. The summed E-state index contributed by atoms with van der Waals surface area (Å²) < 4.78 is 7.36. The molecular formula is C16H18N4O2. The van der Waals surface area contributed by atoms with Crippen LogP contribution < -0.4 is 5.32 Å². The van der Waals surface area contributed by atoms with Gasteiger partial charge in [-0.3, -0.25) is 14.7 Å². The molecular weight excluding hydrogens is 280 g/mol. The van der Waals surface area contributed by atoms with Crippen molar-refractivity contribution in [1.82, 2.24) is 14.8 Å². The molecule has 1 saturated heterocycles. The molecule has 2 heterocycles. The lowest BCUT2D eigenvalue weighted by Crippen LogP contribution is -2.16. The molecule has 0 radical (unpaired) electrons. The van der Waals surface area contributed by atoms with Crippen LogP contribution in [-0.2, 0) is 4.74 Å². The summed E-state index contributed by atoms with van der Waals surface area (Å²) in [5.41, 5.74) is 1.81. The number of carbonyl (C=O) groups is 1. The minimum absolute atomic E-state index is 0.143. The number of nitrogens with zero attached hydrogens (tertiary/aromatic N) is 3. The smallest absolute Gasteiger partial charge is 0.258 e. The summed E-state index contributed by atoms with van der Waals surface area (Å²) >= 11 is 0. The minimum atomic E-state index is -0.143. The average Bonchev–Trinajstić information content (AvgIpc) is 3.05. The molecule has 114 valence electrons. The second-order valence-electron chi connectivity index (χ2n) is 5.93. The predicted molar refractivity (Wildman–Crippen MR) is 80.9 cm³/mol.